The van der Waals surface area contributed by atoms with E-state index in [0.717, 1.165) is 34.9 Å². The van der Waals surface area contributed by atoms with Crippen molar-refractivity contribution in [3.8, 4) is 10.6 Å². The maximum Gasteiger partial charge on any atom is 0.123 e. The summed E-state index contributed by atoms with van der Waals surface area (Å²) in [6, 6.07) is 8.00. The SMILES string of the molecule is N[C@@H]1CCCc2nc(-c3ccc(Cl)cc3)sc21. The highest BCUT2D eigenvalue weighted by Gasteiger charge is 2.21. The molecule has 1 aliphatic rings. The van der Waals surface area contributed by atoms with Crippen LogP contribution in [0.1, 0.15) is 29.5 Å². The average Bonchev–Trinajstić information content (AvgIpc) is 2.75. The van der Waals surface area contributed by atoms with Crippen LogP contribution >= 0.6 is 22.9 Å². The maximum absolute atomic E-state index is 6.11. The Hall–Kier alpha value is -0.900. The van der Waals surface area contributed by atoms with Crippen LogP contribution in [0, 0.1) is 0 Å². The predicted octanol–water partition coefficient (Wildman–Crippen LogP) is 3.80. The summed E-state index contributed by atoms with van der Waals surface area (Å²) < 4.78 is 0. The van der Waals surface area contributed by atoms with Crippen LogP contribution in [0.4, 0.5) is 0 Å². The van der Waals surface area contributed by atoms with E-state index in [4.69, 9.17) is 22.3 Å². The highest BCUT2D eigenvalue weighted by molar-refractivity contribution is 7.15. The monoisotopic (exact) mass is 264 g/mol. The zero-order chi connectivity index (χ0) is 11.8. The van der Waals surface area contributed by atoms with Gasteiger partial charge in [0.25, 0.3) is 0 Å². The summed E-state index contributed by atoms with van der Waals surface area (Å²) in [6.07, 6.45) is 3.29. The molecule has 2 N–H and O–H groups in total. The van der Waals surface area contributed by atoms with Crippen molar-refractivity contribution in [1.29, 1.82) is 0 Å². The molecule has 0 amide bonds. The van der Waals surface area contributed by atoms with E-state index in [-0.39, 0.29) is 6.04 Å². The van der Waals surface area contributed by atoms with Crippen LogP contribution < -0.4 is 5.73 Å². The van der Waals surface area contributed by atoms with Crippen LogP contribution in [0.25, 0.3) is 10.6 Å². The molecule has 0 spiro atoms. The molecule has 0 radical (unpaired) electrons. The minimum atomic E-state index is 0.178. The molecule has 1 aromatic carbocycles. The number of benzene rings is 1. The van der Waals surface area contributed by atoms with Crippen LogP contribution in [0.5, 0.6) is 0 Å². The van der Waals surface area contributed by atoms with Crippen molar-refractivity contribution in [3.63, 3.8) is 0 Å². The Labute approximate surface area is 109 Å². The summed E-state index contributed by atoms with van der Waals surface area (Å²) in [7, 11) is 0. The van der Waals surface area contributed by atoms with Gasteiger partial charge in [-0.3, -0.25) is 0 Å². The van der Waals surface area contributed by atoms with Gasteiger partial charge in [0.15, 0.2) is 0 Å². The fourth-order valence-electron chi connectivity index (χ4n) is 2.17. The fraction of sp³-hybridized carbons (Fsp3) is 0.308. The topological polar surface area (TPSA) is 38.9 Å². The molecule has 0 saturated heterocycles. The van der Waals surface area contributed by atoms with Crippen molar-refractivity contribution in [1.82, 2.24) is 4.98 Å². The van der Waals surface area contributed by atoms with Crippen molar-refractivity contribution in [2.75, 3.05) is 0 Å². The molecule has 88 valence electrons. The van der Waals surface area contributed by atoms with E-state index < -0.39 is 0 Å². The lowest BCUT2D eigenvalue weighted by Gasteiger charge is -2.15. The zero-order valence-electron chi connectivity index (χ0n) is 9.32. The Morgan fingerprint density at radius 1 is 1.29 bits per heavy atom. The molecule has 0 saturated carbocycles. The van der Waals surface area contributed by atoms with Gasteiger partial charge in [-0.2, -0.15) is 0 Å². The van der Waals surface area contributed by atoms with E-state index in [2.05, 4.69) is 0 Å². The smallest absolute Gasteiger partial charge is 0.123 e. The molecule has 2 nitrogen and oxygen atoms in total. The molecular formula is C13H13ClN2S. The third-order valence-corrected chi connectivity index (χ3v) is 4.61. The Bertz CT molecular complexity index is 533. The summed E-state index contributed by atoms with van der Waals surface area (Å²) in [4.78, 5) is 5.96. The number of nitrogens with two attached hydrogens (primary N) is 1. The standard InChI is InChI=1S/C13H13ClN2S/c14-9-6-4-8(5-7-9)13-16-11-3-1-2-10(15)12(11)17-13/h4-7,10H,1-3,15H2/t10-/m1/s1. The first-order valence-electron chi connectivity index (χ1n) is 5.75. The largest absolute Gasteiger partial charge is 0.323 e. The van der Waals surface area contributed by atoms with Crippen LogP contribution in [0.15, 0.2) is 24.3 Å². The summed E-state index contributed by atoms with van der Waals surface area (Å²) in [5.74, 6) is 0. The van der Waals surface area contributed by atoms with Gasteiger partial charge in [0, 0.05) is 21.5 Å². The summed E-state index contributed by atoms with van der Waals surface area (Å²) in [6.45, 7) is 0. The number of hydrogen-bond acceptors (Lipinski definition) is 3. The molecule has 0 fully saturated rings. The number of thiazole rings is 1. The first kappa shape index (κ1) is 11.2. The lowest BCUT2D eigenvalue weighted by Crippen LogP contribution is -2.15. The second-order valence-corrected chi connectivity index (χ2v) is 5.80. The third-order valence-electron chi connectivity index (χ3n) is 3.08. The van der Waals surface area contributed by atoms with Crippen molar-refractivity contribution in [2.24, 2.45) is 5.73 Å². The van der Waals surface area contributed by atoms with Crippen LogP contribution in [0.2, 0.25) is 5.02 Å². The molecule has 2 aromatic rings. The number of aromatic nitrogens is 1. The van der Waals surface area contributed by atoms with Crippen LogP contribution in [-0.4, -0.2) is 4.98 Å². The second-order valence-electron chi connectivity index (χ2n) is 4.34. The molecule has 1 aliphatic carbocycles. The van der Waals surface area contributed by atoms with Crippen LogP contribution in [0.3, 0.4) is 0 Å². The van der Waals surface area contributed by atoms with Crippen molar-refractivity contribution in [2.45, 2.75) is 25.3 Å². The van der Waals surface area contributed by atoms with E-state index in [0.29, 0.717) is 0 Å². The van der Waals surface area contributed by atoms with Crippen molar-refractivity contribution >= 4 is 22.9 Å². The summed E-state index contributed by atoms with van der Waals surface area (Å²) >= 11 is 7.61. The summed E-state index contributed by atoms with van der Waals surface area (Å²) in [5.41, 5.74) is 8.43. The second kappa shape index (κ2) is 4.41. The highest BCUT2D eigenvalue weighted by Crippen LogP contribution is 2.36. The molecular weight excluding hydrogens is 252 g/mol. The number of hydrogen-bond donors (Lipinski definition) is 1. The van der Waals surface area contributed by atoms with Gasteiger partial charge in [-0.05, 0) is 31.4 Å². The van der Waals surface area contributed by atoms with Gasteiger partial charge < -0.3 is 5.73 Å². The first-order valence-corrected chi connectivity index (χ1v) is 6.94. The highest BCUT2D eigenvalue weighted by atomic mass is 35.5. The van der Waals surface area contributed by atoms with E-state index in [9.17, 15) is 0 Å². The van der Waals surface area contributed by atoms with Crippen molar-refractivity contribution < 1.29 is 0 Å². The van der Waals surface area contributed by atoms with Gasteiger partial charge in [-0.15, -0.1) is 11.3 Å². The molecule has 0 aliphatic heterocycles. The zero-order valence-corrected chi connectivity index (χ0v) is 10.9. The lowest BCUT2D eigenvalue weighted by atomic mass is 9.99. The average molecular weight is 265 g/mol. The van der Waals surface area contributed by atoms with E-state index in [1.807, 2.05) is 24.3 Å². The first-order chi connectivity index (χ1) is 8.24. The minimum Gasteiger partial charge on any atom is -0.323 e. The third kappa shape index (κ3) is 2.10. The Morgan fingerprint density at radius 2 is 2.06 bits per heavy atom. The van der Waals surface area contributed by atoms with Gasteiger partial charge in [-0.1, -0.05) is 23.7 Å². The number of halogens is 1. The van der Waals surface area contributed by atoms with Gasteiger partial charge in [0.05, 0.1) is 5.69 Å². The van der Waals surface area contributed by atoms with E-state index >= 15 is 0 Å². The van der Waals surface area contributed by atoms with E-state index in [1.54, 1.807) is 11.3 Å². The fourth-order valence-corrected chi connectivity index (χ4v) is 3.45. The van der Waals surface area contributed by atoms with Gasteiger partial charge in [-0.25, -0.2) is 4.98 Å². The number of nitrogens with zero attached hydrogens (tertiary/aromatic N) is 1. The number of fused-ring (bicyclic) bond motifs is 1. The number of aryl methyl sites for hydroxylation is 1. The lowest BCUT2D eigenvalue weighted by molar-refractivity contribution is 0.573. The molecule has 4 heteroatoms. The molecule has 1 atom stereocenters. The van der Waals surface area contributed by atoms with Crippen LogP contribution in [-0.2, 0) is 6.42 Å². The molecule has 0 bridgehead atoms. The predicted molar refractivity (Wildman–Crippen MR) is 72.4 cm³/mol. The Balaban J connectivity index is 2.02. The Morgan fingerprint density at radius 3 is 2.76 bits per heavy atom. The van der Waals surface area contributed by atoms with Gasteiger partial charge in [0.1, 0.15) is 5.01 Å². The number of rotatable bonds is 1. The molecule has 17 heavy (non-hydrogen) atoms. The van der Waals surface area contributed by atoms with E-state index in [1.165, 1.54) is 10.6 Å². The molecule has 1 heterocycles. The van der Waals surface area contributed by atoms with Crippen molar-refractivity contribution in [3.05, 3.63) is 39.9 Å². The quantitative estimate of drug-likeness (QED) is 0.851. The molecule has 3 rings (SSSR count). The molecule has 0 unspecified atom stereocenters. The van der Waals surface area contributed by atoms with Gasteiger partial charge >= 0.3 is 0 Å². The maximum atomic E-state index is 6.11. The minimum absolute atomic E-state index is 0.178. The Kier molecular flexibility index (Phi) is 2.90. The normalized spacial score (nSPS) is 19.1. The summed E-state index contributed by atoms with van der Waals surface area (Å²) in [5, 5.41) is 1.82. The van der Waals surface area contributed by atoms with Gasteiger partial charge in [0.2, 0.25) is 0 Å². The molecule has 1 aromatic heterocycles.